The third kappa shape index (κ3) is 4.79. The summed E-state index contributed by atoms with van der Waals surface area (Å²) in [6.45, 7) is 1.76. The second-order valence-corrected chi connectivity index (χ2v) is 7.64. The topological polar surface area (TPSA) is 88.9 Å². The monoisotopic (exact) mass is 443 g/mol. The molecule has 2 N–H and O–H groups in total. The van der Waals surface area contributed by atoms with E-state index in [0.29, 0.717) is 5.69 Å². The molecule has 1 fully saturated rings. The average molecular weight is 443 g/mol. The lowest BCUT2D eigenvalue weighted by atomic mass is 10.1. The molecule has 1 aliphatic carbocycles. The van der Waals surface area contributed by atoms with Gasteiger partial charge in [0.1, 0.15) is 0 Å². The Bertz CT molecular complexity index is 1140. The first-order chi connectivity index (χ1) is 15.2. The molecule has 1 unspecified atom stereocenters. The molecule has 1 aromatic heterocycles. The van der Waals surface area contributed by atoms with Crippen LogP contribution in [0.4, 0.5) is 18.9 Å². The molecule has 2 amide bonds. The van der Waals surface area contributed by atoms with Crippen LogP contribution in [0.2, 0.25) is 0 Å². The minimum Gasteiger partial charge on any atom is -0.344 e. The van der Waals surface area contributed by atoms with E-state index in [-0.39, 0.29) is 23.2 Å². The average Bonchev–Trinajstić information content (AvgIpc) is 3.50. The number of alkyl halides is 3. The van der Waals surface area contributed by atoms with Crippen molar-refractivity contribution in [3.63, 3.8) is 0 Å². The molecule has 1 aliphatic rings. The molecule has 4 rings (SSSR count). The second kappa shape index (κ2) is 8.45. The van der Waals surface area contributed by atoms with E-state index in [1.807, 2.05) is 0 Å². The molecule has 1 heterocycles. The Labute approximate surface area is 181 Å². The maximum atomic E-state index is 13.2. The van der Waals surface area contributed by atoms with Crippen LogP contribution >= 0.6 is 0 Å². The highest BCUT2D eigenvalue weighted by Gasteiger charge is 2.34. The van der Waals surface area contributed by atoms with E-state index in [4.69, 9.17) is 0 Å². The molecular formula is C22H20F3N5O2. The van der Waals surface area contributed by atoms with Crippen LogP contribution in [0.25, 0.3) is 5.69 Å². The summed E-state index contributed by atoms with van der Waals surface area (Å²) in [4.78, 5) is 24.4. The molecule has 166 valence electrons. The molecule has 1 saturated carbocycles. The quantitative estimate of drug-likeness (QED) is 0.600. The fourth-order valence-corrected chi connectivity index (χ4v) is 3.20. The number of halogens is 3. The number of hydrogen-bond acceptors (Lipinski definition) is 4. The van der Waals surface area contributed by atoms with Crippen LogP contribution in [0.1, 0.15) is 47.4 Å². The van der Waals surface area contributed by atoms with Crippen molar-refractivity contribution in [3.8, 4) is 5.69 Å². The van der Waals surface area contributed by atoms with Gasteiger partial charge < -0.3 is 10.6 Å². The van der Waals surface area contributed by atoms with Crippen molar-refractivity contribution in [2.24, 2.45) is 5.92 Å². The smallest absolute Gasteiger partial charge is 0.344 e. The lowest BCUT2D eigenvalue weighted by Gasteiger charge is -2.14. The molecule has 0 radical (unpaired) electrons. The summed E-state index contributed by atoms with van der Waals surface area (Å²) in [6, 6.07) is 11.6. The molecule has 2 aromatic carbocycles. The summed E-state index contributed by atoms with van der Waals surface area (Å²) in [6.07, 6.45) is -1.58. The third-order valence-corrected chi connectivity index (χ3v) is 5.16. The van der Waals surface area contributed by atoms with Gasteiger partial charge >= 0.3 is 6.18 Å². The van der Waals surface area contributed by atoms with Crippen LogP contribution in [0.5, 0.6) is 0 Å². The van der Waals surface area contributed by atoms with Crippen LogP contribution in [0, 0.1) is 5.92 Å². The Morgan fingerprint density at radius 2 is 1.78 bits per heavy atom. The predicted molar refractivity (Wildman–Crippen MR) is 110 cm³/mol. The molecule has 0 aliphatic heterocycles. The summed E-state index contributed by atoms with van der Waals surface area (Å²) < 4.78 is 40.6. The normalized spacial score (nSPS) is 14.6. The summed E-state index contributed by atoms with van der Waals surface area (Å²) in [5.41, 5.74) is 0.262. The number of carbonyl (C=O) groups is 2. The van der Waals surface area contributed by atoms with E-state index < -0.39 is 23.7 Å². The molecule has 3 aromatic rings. The number of aromatic nitrogens is 3. The number of para-hydroxylation sites is 1. The zero-order chi connectivity index (χ0) is 22.9. The molecule has 1 atom stereocenters. The molecule has 0 spiro atoms. The van der Waals surface area contributed by atoms with Gasteiger partial charge in [0, 0.05) is 11.6 Å². The van der Waals surface area contributed by atoms with Gasteiger partial charge in [0.15, 0.2) is 5.69 Å². The molecule has 0 saturated heterocycles. The molecule has 10 heteroatoms. The number of nitrogens with one attached hydrogen (secondary N) is 2. The SMILES string of the molecule is CC(NC(=O)c1cn(-c2ccccc2C(F)(F)F)nn1)c1ccc(NC(=O)C2CC2)cc1. The maximum Gasteiger partial charge on any atom is 0.418 e. The van der Waals surface area contributed by atoms with Gasteiger partial charge in [-0.05, 0) is 49.6 Å². The molecule has 32 heavy (non-hydrogen) atoms. The number of hydrogen-bond donors (Lipinski definition) is 2. The molecular weight excluding hydrogens is 423 g/mol. The lowest BCUT2D eigenvalue weighted by Crippen LogP contribution is -2.27. The van der Waals surface area contributed by atoms with Crippen molar-refractivity contribution in [1.82, 2.24) is 20.3 Å². The second-order valence-electron chi connectivity index (χ2n) is 7.64. The Hall–Kier alpha value is -3.69. The fraction of sp³-hybridized carbons (Fsp3) is 0.273. The number of rotatable bonds is 6. The van der Waals surface area contributed by atoms with E-state index in [9.17, 15) is 22.8 Å². The summed E-state index contributed by atoms with van der Waals surface area (Å²) >= 11 is 0. The van der Waals surface area contributed by atoms with Crippen LogP contribution in [-0.4, -0.2) is 26.8 Å². The number of carbonyl (C=O) groups excluding carboxylic acids is 2. The standard InChI is InChI=1S/C22H20F3N5O2/c1-13(14-8-10-16(11-9-14)27-20(31)15-6-7-15)26-21(32)18-12-30(29-28-18)19-5-3-2-4-17(19)22(23,24)25/h2-5,8-13,15H,6-7H2,1H3,(H,26,32)(H,27,31). The molecule has 7 nitrogen and oxygen atoms in total. The van der Waals surface area contributed by atoms with Gasteiger partial charge in [-0.2, -0.15) is 13.2 Å². The van der Waals surface area contributed by atoms with E-state index in [2.05, 4.69) is 20.9 Å². The van der Waals surface area contributed by atoms with E-state index in [0.717, 1.165) is 35.4 Å². The Kier molecular flexibility index (Phi) is 5.68. The highest BCUT2D eigenvalue weighted by molar-refractivity contribution is 5.94. The van der Waals surface area contributed by atoms with Gasteiger partial charge in [-0.15, -0.1) is 5.10 Å². The van der Waals surface area contributed by atoms with E-state index >= 15 is 0 Å². The van der Waals surface area contributed by atoms with Crippen molar-refractivity contribution in [2.45, 2.75) is 32.0 Å². The van der Waals surface area contributed by atoms with Gasteiger partial charge in [-0.1, -0.05) is 29.5 Å². The summed E-state index contributed by atoms with van der Waals surface area (Å²) in [5, 5.41) is 13.0. The third-order valence-electron chi connectivity index (χ3n) is 5.16. The van der Waals surface area contributed by atoms with Crippen molar-refractivity contribution >= 4 is 17.5 Å². The predicted octanol–water partition coefficient (Wildman–Crippen LogP) is 4.13. The van der Waals surface area contributed by atoms with Gasteiger partial charge in [-0.3, -0.25) is 9.59 Å². The number of amides is 2. The first-order valence-corrected chi connectivity index (χ1v) is 10.0. The minimum absolute atomic E-state index is 0.00860. The Morgan fingerprint density at radius 1 is 1.09 bits per heavy atom. The van der Waals surface area contributed by atoms with Crippen molar-refractivity contribution in [3.05, 3.63) is 71.5 Å². The molecule has 0 bridgehead atoms. The van der Waals surface area contributed by atoms with Crippen LogP contribution < -0.4 is 10.6 Å². The van der Waals surface area contributed by atoms with E-state index in [1.165, 1.54) is 18.2 Å². The van der Waals surface area contributed by atoms with Crippen molar-refractivity contribution in [2.75, 3.05) is 5.32 Å². The number of nitrogens with zero attached hydrogens (tertiary/aromatic N) is 3. The van der Waals surface area contributed by atoms with Crippen LogP contribution in [0.15, 0.2) is 54.7 Å². The van der Waals surface area contributed by atoms with E-state index in [1.54, 1.807) is 31.2 Å². The van der Waals surface area contributed by atoms with Gasteiger partial charge in [0.2, 0.25) is 5.91 Å². The number of benzene rings is 2. The zero-order valence-corrected chi connectivity index (χ0v) is 17.1. The van der Waals surface area contributed by atoms with Gasteiger partial charge in [-0.25, -0.2) is 4.68 Å². The van der Waals surface area contributed by atoms with Gasteiger partial charge in [0.25, 0.3) is 5.91 Å². The summed E-state index contributed by atoms with van der Waals surface area (Å²) in [5.74, 6) is -0.460. The first-order valence-electron chi connectivity index (χ1n) is 10.0. The fourth-order valence-electron chi connectivity index (χ4n) is 3.20. The van der Waals surface area contributed by atoms with Crippen molar-refractivity contribution in [1.29, 1.82) is 0 Å². The van der Waals surface area contributed by atoms with Gasteiger partial charge in [0.05, 0.1) is 23.5 Å². The highest BCUT2D eigenvalue weighted by atomic mass is 19.4. The zero-order valence-electron chi connectivity index (χ0n) is 17.1. The minimum atomic E-state index is -4.57. The Balaban J connectivity index is 1.43. The largest absolute Gasteiger partial charge is 0.418 e. The Morgan fingerprint density at radius 3 is 2.44 bits per heavy atom. The van der Waals surface area contributed by atoms with Crippen LogP contribution in [-0.2, 0) is 11.0 Å². The van der Waals surface area contributed by atoms with Crippen LogP contribution in [0.3, 0.4) is 0 Å². The first kappa shape index (κ1) is 21.5. The highest BCUT2D eigenvalue weighted by Crippen LogP contribution is 2.33. The maximum absolute atomic E-state index is 13.2. The lowest BCUT2D eigenvalue weighted by molar-refractivity contribution is -0.137. The summed E-state index contributed by atoms with van der Waals surface area (Å²) in [7, 11) is 0. The number of anilines is 1. The van der Waals surface area contributed by atoms with Crippen molar-refractivity contribution < 1.29 is 22.8 Å².